The van der Waals surface area contributed by atoms with Crippen molar-refractivity contribution in [1.82, 2.24) is 20.0 Å². The number of nitrogens with zero attached hydrogens (tertiary/aromatic N) is 3. The number of hydrogen-bond donors (Lipinski definition) is 1. The van der Waals surface area contributed by atoms with Gasteiger partial charge in [-0.25, -0.2) is 0 Å². The quantitative estimate of drug-likeness (QED) is 0.514. The fourth-order valence-electron chi connectivity index (χ4n) is 2.82. The number of likely N-dealkylation sites (N-methyl/N-ethyl adjacent to an activating group) is 1. The predicted molar refractivity (Wildman–Crippen MR) is 103 cm³/mol. The van der Waals surface area contributed by atoms with Crippen LogP contribution in [0.3, 0.4) is 0 Å². The van der Waals surface area contributed by atoms with Gasteiger partial charge in [-0.3, -0.25) is 4.79 Å². The van der Waals surface area contributed by atoms with Crippen LogP contribution in [0.4, 0.5) is 0 Å². The van der Waals surface area contributed by atoms with Gasteiger partial charge in [-0.2, -0.15) is 4.98 Å². The number of hydrogen-bond acceptors (Lipinski definition) is 5. The van der Waals surface area contributed by atoms with Crippen molar-refractivity contribution in [3.05, 3.63) is 58.2 Å². The Morgan fingerprint density at radius 2 is 2.11 bits per heavy atom. The van der Waals surface area contributed by atoms with Crippen LogP contribution in [0.15, 0.2) is 50.0 Å². The minimum absolute atomic E-state index is 0.199. The standard InChI is InChI=1S/C19H17BrN4O3/c1-11-3-4-13-12(9-11)10-14(21-13)18-22-17(23-27-18)7-8-24(2)19(25)15-5-6-16(20)26-15/h3-6,9-10,21H,7-8H2,1-2H3. The second kappa shape index (κ2) is 7.03. The highest BCUT2D eigenvalue weighted by Crippen LogP contribution is 2.24. The van der Waals surface area contributed by atoms with Gasteiger partial charge in [0.05, 0.1) is 0 Å². The zero-order chi connectivity index (χ0) is 19.0. The first kappa shape index (κ1) is 17.5. The fraction of sp³-hybridized carbons (Fsp3) is 0.211. The van der Waals surface area contributed by atoms with E-state index in [0.717, 1.165) is 16.6 Å². The lowest BCUT2D eigenvalue weighted by molar-refractivity contribution is 0.0763. The highest BCUT2D eigenvalue weighted by Gasteiger charge is 2.17. The lowest BCUT2D eigenvalue weighted by Crippen LogP contribution is -2.28. The summed E-state index contributed by atoms with van der Waals surface area (Å²) >= 11 is 3.19. The van der Waals surface area contributed by atoms with Gasteiger partial charge in [0.25, 0.3) is 11.8 Å². The topological polar surface area (TPSA) is 88.2 Å². The molecule has 0 fully saturated rings. The van der Waals surface area contributed by atoms with Crippen molar-refractivity contribution in [1.29, 1.82) is 0 Å². The van der Waals surface area contributed by atoms with E-state index in [1.54, 1.807) is 24.1 Å². The Bertz CT molecular complexity index is 1110. The van der Waals surface area contributed by atoms with Gasteiger partial charge in [-0.05, 0) is 53.2 Å². The Morgan fingerprint density at radius 1 is 1.26 bits per heavy atom. The first-order valence-corrected chi connectivity index (χ1v) is 9.22. The zero-order valence-electron chi connectivity index (χ0n) is 14.8. The van der Waals surface area contributed by atoms with Gasteiger partial charge in [0.1, 0.15) is 5.69 Å². The summed E-state index contributed by atoms with van der Waals surface area (Å²) in [6, 6.07) is 11.5. The number of carbonyl (C=O) groups excluding carboxylic acids is 1. The third kappa shape index (κ3) is 3.66. The van der Waals surface area contributed by atoms with Gasteiger partial charge in [0.2, 0.25) is 0 Å². The summed E-state index contributed by atoms with van der Waals surface area (Å²) in [5.41, 5.74) is 2.99. The van der Waals surface area contributed by atoms with E-state index in [0.29, 0.717) is 29.4 Å². The van der Waals surface area contributed by atoms with E-state index >= 15 is 0 Å². The molecule has 0 atom stereocenters. The molecule has 138 valence electrons. The monoisotopic (exact) mass is 428 g/mol. The minimum Gasteiger partial charge on any atom is -0.444 e. The first-order chi connectivity index (χ1) is 13.0. The fourth-order valence-corrected chi connectivity index (χ4v) is 3.13. The molecule has 3 heterocycles. The average molecular weight is 429 g/mol. The summed E-state index contributed by atoms with van der Waals surface area (Å²) in [5.74, 6) is 1.06. The van der Waals surface area contributed by atoms with Gasteiger partial charge < -0.3 is 18.8 Å². The van der Waals surface area contributed by atoms with Gasteiger partial charge >= 0.3 is 0 Å². The van der Waals surface area contributed by atoms with E-state index in [2.05, 4.69) is 44.0 Å². The molecule has 4 rings (SSSR count). The molecule has 0 spiro atoms. The second-order valence-corrected chi connectivity index (χ2v) is 7.15. The number of aromatic nitrogens is 3. The van der Waals surface area contributed by atoms with E-state index in [1.165, 1.54) is 5.56 Å². The third-order valence-electron chi connectivity index (χ3n) is 4.28. The number of amides is 1. The molecular formula is C19H17BrN4O3. The molecule has 7 nitrogen and oxygen atoms in total. The molecule has 0 saturated heterocycles. The SMILES string of the molecule is Cc1ccc2[nH]c(-c3nc(CCN(C)C(=O)c4ccc(Br)o4)no3)cc2c1. The highest BCUT2D eigenvalue weighted by molar-refractivity contribution is 9.10. The van der Waals surface area contributed by atoms with E-state index in [-0.39, 0.29) is 11.7 Å². The Hall–Kier alpha value is -2.87. The van der Waals surface area contributed by atoms with Crippen molar-refractivity contribution in [2.45, 2.75) is 13.3 Å². The first-order valence-electron chi connectivity index (χ1n) is 8.43. The van der Waals surface area contributed by atoms with Crippen molar-refractivity contribution < 1.29 is 13.7 Å². The molecule has 0 radical (unpaired) electrons. The van der Waals surface area contributed by atoms with Gasteiger partial charge in [0, 0.05) is 30.9 Å². The second-order valence-electron chi connectivity index (χ2n) is 6.37. The molecule has 4 aromatic rings. The van der Waals surface area contributed by atoms with Crippen LogP contribution in [0.2, 0.25) is 0 Å². The van der Waals surface area contributed by atoms with Crippen molar-refractivity contribution in [3.63, 3.8) is 0 Å². The molecule has 8 heteroatoms. The summed E-state index contributed by atoms with van der Waals surface area (Å²) < 4.78 is 11.2. The van der Waals surface area contributed by atoms with Crippen LogP contribution < -0.4 is 0 Å². The summed E-state index contributed by atoms with van der Waals surface area (Å²) in [5, 5.41) is 5.11. The summed E-state index contributed by atoms with van der Waals surface area (Å²) in [6.45, 7) is 2.50. The van der Waals surface area contributed by atoms with Crippen LogP contribution >= 0.6 is 15.9 Å². The largest absolute Gasteiger partial charge is 0.444 e. The normalized spacial score (nSPS) is 11.2. The number of furan rings is 1. The summed E-state index contributed by atoms with van der Waals surface area (Å²) in [7, 11) is 1.71. The Labute approximate surface area is 163 Å². The Morgan fingerprint density at radius 3 is 2.89 bits per heavy atom. The number of aryl methyl sites for hydroxylation is 1. The molecule has 0 aliphatic heterocycles. The third-order valence-corrected chi connectivity index (χ3v) is 4.70. The van der Waals surface area contributed by atoms with Gasteiger partial charge in [-0.1, -0.05) is 16.8 Å². The lowest BCUT2D eigenvalue weighted by atomic mass is 10.2. The molecule has 1 aromatic carbocycles. The number of nitrogens with one attached hydrogen (secondary N) is 1. The van der Waals surface area contributed by atoms with Crippen molar-refractivity contribution >= 4 is 32.7 Å². The maximum Gasteiger partial charge on any atom is 0.289 e. The maximum absolute atomic E-state index is 12.3. The van der Waals surface area contributed by atoms with E-state index < -0.39 is 0 Å². The number of carbonyl (C=O) groups is 1. The van der Waals surface area contributed by atoms with E-state index in [9.17, 15) is 4.79 Å². The highest BCUT2D eigenvalue weighted by atomic mass is 79.9. The minimum atomic E-state index is -0.199. The van der Waals surface area contributed by atoms with Crippen molar-refractivity contribution in [3.8, 4) is 11.6 Å². The van der Waals surface area contributed by atoms with Crippen molar-refractivity contribution in [2.24, 2.45) is 0 Å². The van der Waals surface area contributed by atoms with Gasteiger partial charge in [0.15, 0.2) is 16.3 Å². The number of H-pyrrole nitrogens is 1. The smallest absolute Gasteiger partial charge is 0.289 e. The van der Waals surface area contributed by atoms with Crippen LogP contribution in [0.25, 0.3) is 22.5 Å². The van der Waals surface area contributed by atoms with Crippen LogP contribution in [0.1, 0.15) is 21.9 Å². The molecule has 0 bridgehead atoms. The molecule has 0 aliphatic rings. The summed E-state index contributed by atoms with van der Waals surface area (Å²) in [6.07, 6.45) is 0.479. The number of fused-ring (bicyclic) bond motifs is 1. The molecule has 0 aliphatic carbocycles. The molecule has 0 saturated carbocycles. The zero-order valence-corrected chi connectivity index (χ0v) is 16.4. The summed E-state index contributed by atoms with van der Waals surface area (Å²) in [4.78, 5) is 21.5. The van der Waals surface area contributed by atoms with E-state index in [4.69, 9.17) is 8.94 Å². The van der Waals surface area contributed by atoms with Crippen LogP contribution in [-0.4, -0.2) is 39.5 Å². The van der Waals surface area contributed by atoms with Crippen molar-refractivity contribution in [2.75, 3.05) is 13.6 Å². The molecule has 3 aromatic heterocycles. The Kier molecular flexibility index (Phi) is 4.57. The molecular weight excluding hydrogens is 412 g/mol. The Balaban J connectivity index is 1.43. The van der Waals surface area contributed by atoms with Crippen LogP contribution in [0, 0.1) is 6.92 Å². The molecule has 0 unspecified atom stereocenters. The lowest BCUT2D eigenvalue weighted by Gasteiger charge is -2.14. The van der Waals surface area contributed by atoms with E-state index in [1.807, 2.05) is 18.2 Å². The molecule has 27 heavy (non-hydrogen) atoms. The molecule has 1 N–H and O–H groups in total. The van der Waals surface area contributed by atoms with Crippen LogP contribution in [0.5, 0.6) is 0 Å². The van der Waals surface area contributed by atoms with Crippen LogP contribution in [-0.2, 0) is 6.42 Å². The molecule has 1 amide bonds. The van der Waals surface area contributed by atoms with Gasteiger partial charge in [-0.15, -0.1) is 0 Å². The number of rotatable bonds is 5. The number of aromatic amines is 1. The predicted octanol–water partition coefficient (Wildman–Crippen LogP) is 4.20. The maximum atomic E-state index is 12.3. The number of halogens is 1. The average Bonchev–Trinajstić information content (AvgIpc) is 3.37. The number of benzene rings is 1.